The number of halogens is 5. The van der Waals surface area contributed by atoms with Crippen LogP contribution in [0.3, 0.4) is 0 Å². The van der Waals surface area contributed by atoms with E-state index in [1.165, 1.54) is 0 Å². The van der Waals surface area contributed by atoms with Gasteiger partial charge in [-0.05, 0) is 0 Å². The van der Waals surface area contributed by atoms with Gasteiger partial charge in [-0.15, -0.1) is 0 Å². The molecule has 0 N–H and O–H groups in total. The van der Waals surface area contributed by atoms with Crippen LogP contribution in [0.4, 0.5) is 4.70 Å². The van der Waals surface area contributed by atoms with Crippen molar-refractivity contribution in [1.29, 1.82) is 0 Å². The minimum absolute atomic E-state index is 0. The first-order valence-corrected chi connectivity index (χ1v) is 0. The summed E-state index contributed by atoms with van der Waals surface area (Å²) in [7, 11) is 0. The third kappa shape index (κ3) is 138. The molecule has 0 aromatic rings. The summed E-state index contributed by atoms with van der Waals surface area (Å²) in [5.74, 6) is 0. The molecule has 0 nitrogen and oxygen atoms in total. The van der Waals surface area contributed by atoms with Gasteiger partial charge in [-0.1, -0.05) is 0 Å². The molecule has 0 unspecified atom stereocenters. The molecule has 0 aliphatic heterocycles. The predicted octanol–water partition coefficient (Wildman–Crippen LogP) is -15.2. The first-order valence-electron chi connectivity index (χ1n) is 0. The predicted molar refractivity (Wildman–Crippen MR) is 8.26 cm³/mol. The molecule has 0 bridgehead atoms. The summed E-state index contributed by atoms with van der Waals surface area (Å²) in [4.78, 5) is 0. The zero-order valence-corrected chi connectivity index (χ0v) is 6.65. The van der Waals surface area contributed by atoms with Gasteiger partial charge in [0.1, 0.15) is 0 Å². The molecule has 40 valence electrons. The Balaban J connectivity index is 0. The van der Waals surface area contributed by atoms with E-state index >= 15 is 0 Å². The molecular formula is HAlF5Na. The summed E-state index contributed by atoms with van der Waals surface area (Å²) < 4.78 is 0. The van der Waals surface area contributed by atoms with E-state index in [2.05, 4.69) is 0 Å². The van der Waals surface area contributed by atoms with Crippen molar-refractivity contribution in [2.24, 2.45) is 0 Å². The van der Waals surface area contributed by atoms with Crippen LogP contribution in [0, 0.1) is 0 Å². The van der Waals surface area contributed by atoms with Gasteiger partial charge in [0.15, 0.2) is 0 Å². The molecule has 0 saturated heterocycles. The van der Waals surface area contributed by atoms with Crippen molar-refractivity contribution in [1.82, 2.24) is 0 Å². The molecule has 0 heterocycles. The maximum Gasteiger partial charge on any atom is 3.00 e. The maximum absolute atomic E-state index is 0. The van der Waals surface area contributed by atoms with Gasteiger partial charge < -0.3 is 18.8 Å². The minimum Gasteiger partial charge on any atom is -1.00 e. The van der Waals surface area contributed by atoms with E-state index in [0.717, 1.165) is 0 Å². The normalized spacial score (nSPS) is 0. The summed E-state index contributed by atoms with van der Waals surface area (Å²) in [6, 6.07) is 0. The first kappa shape index (κ1) is 302. The van der Waals surface area contributed by atoms with Crippen LogP contribution in [0.1, 0.15) is 0 Å². The molecule has 0 rings (SSSR count). The SMILES string of the molecule is F.[Al+3].[F-].[F-].[F-].[F-].[Na+]. The van der Waals surface area contributed by atoms with Crippen molar-refractivity contribution >= 4 is 17.4 Å². The third-order valence-electron chi connectivity index (χ3n) is 0. The zero-order chi connectivity index (χ0) is 0. The Bertz CT molecular complexity index is 8.04. The second kappa shape index (κ2) is 196. The Kier molecular flexibility index (Phi) is 8470. The van der Waals surface area contributed by atoms with Crippen LogP contribution in [-0.4, -0.2) is 17.4 Å². The van der Waals surface area contributed by atoms with E-state index < -0.39 is 0 Å². The molecule has 0 aliphatic carbocycles. The number of hydrogen-bond acceptors (Lipinski definition) is 0. The maximum atomic E-state index is 0. The Hall–Kier alpha value is 1.18. The summed E-state index contributed by atoms with van der Waals surface area (Å²) >= 11 is 0. The second-order valence-corrected chi connectivity index (χ2v) is 0. The summed E-state index contributed by atoms with van der Waals surface area (Å²) in [5.41, 5.74) is 0. The Morgan fingerprint density at radius 2 is 0.571 bits per heavy atom. The van der Waals surface area contributed by atoms with Gasteiger partial charge >= 0.3 is 46.9 Å². The number of hydrogen-bond donors (Lipinski definition) is 0. The van der Waals surface area contributed by atoms with Crippen LogP contribution in [0.25, 0.3) is 0 Å². The Morgan fingerprint density at radius 3 is 0.571 bits per heavy atom. The molecule has 0 aliphatic rings. The van der Waals surface area contributed by atoms with Gasteiger partial charge in [0.2, 0.25) is 0 Å². The van der Waals surface area contributed by atoms with E-state index in [1.807, 2.05) is 0 Å². The molecule has 0 amide bonds. The van der Waals surface area contributed by atoms with Gasteiger partial charge in [-0.2, -0.15) is 0 Å². The van der Waals surface area contributed by atoms with Crippen LogP contribution < -0.4 is 48.4 Å². The van der Waals surface area contributed by atoms with Crippen LogP contribution in [-0.2, 0) is 0 Å². The fraction of sp³-hybridized carbons (Fsp3) is 0. The molecule has 7 heteroatoms. The minimum atomic E-state index is 0. The molecule has 0 radical (unpaired) electrons. The van der Waals surface area contributed by atoms with E-state index in [1.54, 1.807) is 0 Å². The molecule has 0 aromatic heterocycles. The fourth-order valence-corrected chi connectivity index (χ4v) is 0. The first-order chi connectivity index (χ1) is 0. The average Bonchev–Trinajstić information content (AvgIpc) is 0. The van der Waals surface area contributed by atoms with Gasteiger partial charge in [-0.3, -0.25) is 4.70 Å². The number of rotatable bonds is 0. The molecule has 0 atom stereocenters. The Morgan fingerprint density at radius 1 is 0.571 bits per heavy atom. The zero-order valence-electron chi connectivity index (χ0n) is 3.50. The summed E-state index contributed by atoms with van der Waals surface area (Å²) in [6.07, 6.45) is 0. The molecule has 0 saturated carbocycles. The Labute approximate surface area is 70.3 Å². The van der Waals surface area contributed by atoms with Gasteiger partial charge in [-0.25, -0.2) is 0 Å². The van der Waals surface area contributed by atoms with Crippen molar-refractivity contribution in [2.75, 3.05) is 0 Å². The molecular weight excluding hydrogens is 145 g/mol. The summed E-state index contributed by atoms with van der Waals surface area (Å²) in [6.45, 7) is 0. The van der Waals surface area contributed by atoms with Crippen molar-refractivity contribution in [2.45, 2.75) is 0 Å². The smallest absolute Gasteiger partial charge is 1.00 e. The van der Waals surface area contributed by atoms with Crippen LogP contribution in [0.15, 0.2) is 0 Å². The third-order valence-corrected chi connectivity index (χ3v) is 0. The van der Waals surface area contributed by atoms with Gasteiger partial charge in [0.05, 0.1) is 0 Å². The van der Waals surface area contributed by atoms with Gasteiger partial charge in [0.25, 0.3) is 0 Å². The topological polar surface area (TPSA) is 0 Å². The van der Waals surface area contributed by atoms with Crippen LogP contribution in [0.5, 0.6) is 0 Å². The van der Waals surface area contributed by atoms with E-state index in [9.17, 15) is 0 Å². The molecule has 0 fully saturated rings. The average molecular weight is 146 g/mol. The fourth-order valence-electron chi connectivity index (χ4n) is 0. The molecule has 0 spiro atoms. The quantitative estimate of drug-likeness (QED) is 0.235. The largest absolute Gasteiger partial charge is 3.00 e. The van der Waals surface area contributed by atoms with E-state index in [4.69, 9.17) is 0 Å². The standard InChI is InChI=1S/Al.5FH.Na/h;5*1H;/q+3;;;;;;+1/p-4. The van der Waals surface area contributed by atoms with Crippen molar-refractivity contribution in [3.05, 3.63) is 0 Å². The van der Waals surface area contributed by atoms with Crippen LogP contribution in [0.2, 0.25) is 0 Å². The van der Waals surface area contributed by atoms with Crippen molar-refractivity contribution < 1.29 is 53.1 Å². The molecule has 0 aromatic carbocycles. The molecule has 7 heavy (non-hydrogen) atoms. The van der Waals surface area contributed by atoms with E-state index in [0.29, 0.717) is 0 Å². The van der Waals surface area contributed by atoms with Gasteiger partial charge in [0, 0.05) is 0 Å². The van der Waals surface area contributed by atoms with Crippen molar-refractivity contribution in [3.8, 4) is 0 Å². The van der Waals surface area contributed by atoms with Crippen LogP contribution >= 0.6 is 0 Å². The van der Waals surface area contributed by atoms with Crippen molar-refractivity contribution in [3.63, 3.8) is 0 Å². The second-order valence-electron chi connectivity index (χ2n) is 0. The summed E-state index contributed by atoms with van der Waals surface area (Å²) in [5, 5.41) is 0. The monoisotopic (exact) mass is 146 g/mol. The van der Waals surface area contributed by atoms with E-state index in [-0.39, 0.29) is 70.4 Å².